The fraction of sp³-hybridized carbons (Fsp3) is 0.286. The van der Waals surface area contributed by atoms with E-state index in [-0.39, 0.29) is 18.1 Å². The van der Waals surface area contributed by atoms with E-state index in [1.54, 1.807) is 18.2 Å². The fourth-order valence-electron chi connectivity index (χ4n) is 2.46. The lowest BCUT2D eigenvalue weighted by Gasteiger charge is -2.13. The number of hydrogen-bond acceptors (Lipinski definition) is 5. The summed E-state index contributed by atoms with van der Waals surface area (Å²) in [7, 11) is -3.32. The minimum absolute atomic E-state index is 0.0687. The van der Waals surface area contributed by atoms with Crippen LogP contribution in [0.5, 0.6) is 0 Å². The molecular weight excluding hydrogens is 324 g/mol. The summed E-state index contributed by atoms with van der Waals surface area (Å²) in [5.41, 5.74) is 0.833. The van der Waals surface area contributed by atoms with Crippen LogP contribution < -0.4 is 5.32 Å². The number of rotatable bonds is 4. The van der Waals surface area contributed by atoms with Crippen molar-refractivity contribution < 1.29 is 27.5 Å². The zero-order valence-corrected chi connectivity index (χ0v) is 12.8. The number of amides is 1. The van der Waals surface area contributed by atoms with E-state index in [4.69, 9.17) is 9.52 Å². The van der Waals surface area contributed by atoms with Crippen molar-refractivity contribution in [2.45, 2.75) is 6.42 Å². The third-order valence-corrected chi connectivity index (χ3v) is 5.44. The summed E-state index contributed by atoms with van der Waals surface area (Å²) < 4.78 is 29.6. The first-order valence-corrected chi connectivity index (χ1v) is 8.51. The second-order valence-electron chi connectivity index (χ2n) is 5.22. The topological polar surface area (TPSA) is 117 Å². The van der Waals surface area contributed by atoms with Crippen LogP contribution in [0.1, 0.15) is 17.0 Å². The number of carbonyl (C=O) groups is 2. The van der Waals surface area contributed by atoms with Gasteiger partial charge in [0.1, 0.15) is 5.58 Å². The summed E-state index contributed by atoms with van der Waals surface area (Å²) >= 11 is 0. The lowest BCUT2D eigenvalue weighted by atomic mass is 10.2. The Morgan fingerprint density at radius 3 is 2.74 bits per heavy atom. The molecule has 0 saturated carbocycles. The van der Waals surface area contributed by atoms with E-state index in [1.807, 2.05) is 0 Å². The van der Waals surface area contributed by atoms with Crippen molar-refractivity contribution in [1.82, 2.24) is 4.31 Å². The van der Waals surface area contributed by atoms with Crippen molar-refractivity contribution in [3.8, 4) is 0 Å². The maximum absolute atomic E-state index is 12.0. The van der Waals surface area contributed by atoms with E-state index < -0.39 is 21.9 Å². The monoisotopic (exact) mass is 338 g/mol. The molecule has 0 spiro atoms. The zero-order valence-electron chi connectivity index (χ0n) is 12.0. The molecule has 0 unspecified atom stereocenters. The summed E-state index contributed by atoms with van der Waals surface area (Å²) in [5, 5.41) is 12.0. The summed E-state index contributed by atoms with van der Waals surface area (Å²) in [6, 6.07) is 6.04. The van der Waals surface area contributed by atoms with Gasteiger partial charge in [0, 0.05) is 17.6 Å². The molecular formula is C14H14N2O6S. The summed E-state index contributed by atoms with van der Waals surface area (Å²) in [4.78, 5) is 22.8. The van der Waals surface area contributed by atoms with Crippen LogP contribution in [0.4, 0.5) is 5.69 Å². The Hall–Kier alpha value is -2.39. The molecule has 2 heterocycles. The van der Waals surface area contributed by atoms with Gasteiger partial charge >= 0.3 is 5.97 Å². The molecule has 23 heavy (non-hydrogen) atoms. The molecule has 0 radical (unpaired) electrons. The van der Waals surface area contributed by atoms with Crippen LogP contribution in [0.3, 0.4) is 0 Å². The third-order valence-electron chi connectivity index (χ3n) is 3.53. The van der Waals surface area contributed by atoms with Gasteiger partial charge in [-0.1, -0.05) is 0 Å². The van der Waals surface area contributed by atoms with Gasteiger partial charge in [-0.15, -0.1) is 0 Å². The number of sulfonamides is 1. The molecule has 3 rings (SSSR count). The Bertz CT molecular complexity index is 886. The number of hydrogen-bond donors (Lipinski definition) is 2. The Morgan fingerprint density at radius 1 is 1.30 bits per heavy atom. The number of carbonyl (C=O) groups excluding carboxylic acids is 1. The third kappa shape index (κ3) is 3.20. The predicted molar refractivity (Wildman–Crippen MR) is 81.8 cm³/mol. The average Bonchev–Trinajstić information content (AvgIpc) is 3.02. The minimum atomic E-state index is -3.32. The Labute approximate surface area is 131 Å². The van der Waals surface area contributed by atoms with E-state index in [0.29, 0.717) is 29.6 Å². The zero-order chi connectivity index (χ0) is 16.6. The van der Waals surface area contributed by atoms with Crippen LogP contribution in [-0.4, -0.2) is 48.5 Å². The summed E-state index contributed by atoms with van der Waals surface area (Å²) in [5.74, 6) is -1.74. The number of anilines is 1. The highest BCUT2D eigenvalue weighted by Crippen LogP contribution is 2.23. The van der Waals surface area contributed by atoms with Gasteiger partial charge in [0.05, 0.1) is 12.3 Å². The van der Waals surface area contributed by atoms with E-state index in [2.05, 4.69) is 5.32 Å². The number of fused-ring (bicyclic) bond motifs is 1. The maximum Gasteiger partial charge on any atom is 0.371 e. The molecule has 0 bridgehead atoms. The first-order valence-electron chi connectivity index (χ1n) is 6.90. The number of furan rings is 1. The van der Waals surface area contributed by atoms with E-state index in [1.165, 1.54) is 6.07 Å². The van der Waals surface area contributed by atoms with Crippen LogP contribution >= 0.6 is 0 Å². The molecule has 9 heteroatoms. The SMILES string of the molecule is O=C(CN1CCCS1(=O)=O)Nc1ccc2oc(C(=O)O)cc2c1. The summed E-state index contributed by atoms with van der Waals surface area (Å²) in [6.45, 7) is 0.116. The number of aromatic carboxylic acids is 1. The molecule has 0 aliphatic carbocycles. The first kappa shape index (κ1) is 15.5. The van der Waals surface area contributed by atoms with Gasteiger partial charge in [0.2, 0.25) is 21.7 Å². The van der Waals surface area contributed by atoms with Gasteiger partial charge in [0.15, 0.2) is 0 Å². The Morgan fingerprint density at radius 2 is 2.09 bits per heavy atom. The second kappa shape index (κ2) is 5.67. The Balaban J connectivity index is 1.73. The molecule has 1 aromatic carbocycles. The number of nitrogens with one attached hydrogen (secondary N) is 1. The van der Waals surface area contributed by atoms with Crippen molar-refractivity contribution in [2.24, 2.45) is 0 Å². The van der Waals surface area contributed by atoms with Gasteiger partial charge in [-0.2, -0.15) is 4.31 Å². The molecule has 8 nitrogen and oxygen atoms in total. The first-order chi connectivity index (χ1) is 10.8. The van der Waals surface area contributed by atoms with Crippen molar-refractivity contribution in [2.75, 3.05) is 24.2 Å². The molecule has 122 valence electrons. The van der Waals surface area contributed by atoms with Crippen LogP contribution in [0.15, 0.2) is 28.7 Å². The van der Waals surface area contributed by atoms with Gasteiger partial charge in [-0.25, -0.2) is 13.2 Å². The maximum atomic E-state index is 12.0. The van der Waals surface area contributed by atoms with Crippen molar-refractivity contribution in [3.05, 3.63) is 30.0 Å². The van der Waals surface area contributed by atoms with E-state index >= 15 is 0 Å². The molecule has 1 fully saturated rings. The van der Waals surface area contributed by atoms with Crippen molar-refractivity contribution in [1.29, 1.82) is 0 Å². The molecule has 1 amide bonds. The molecule has 1 aromatic heterocycles. The lowest BCUT2D eigenvalue weighted by Crippen LogP contribution is -2.34. The highest BCUT2D eigenvalue weighted by atomic mass is 32.2. The van der Waals surface area contributed by atoms with Crippen LogP contribution in [0.2, 0.25) is 0 Å². The van der Waals surface area contributed by atoms with Crippen LogP contribution in [0.25, 0.3) is 11.0 Å². The summed E-state index contributed by atoms with van der Waals surface area (Å²) in [6.07, 6.45) is 0.522. The van der Waals surface area contributed by atoms with Crippen LogP contribution in [-0.2, 0) is 14.8 Å². The molecule has 2 aromatic rings. The highest BCUT2D eigenvalue weighted by molar-refractivity contribution is 7.89. The number of carboxylic acids is 1. The highest BCUT2D eigenvalue weighted by Gasteiger charge is 2.29. The second-order valence-corrected chi connectivity index (χ2v) is 7.31. The van der Waals surface area contributed by atoms with E-state index in [9.17, 15) is 18.0 Å². The average molecular weight is 338 g/mol. The molecule has 1 aliphatic heterocycles. The van der Waals surface area contributed by atoms with Gasteiger partial charge < -0.3 is 14.8 Å². The smallest absolute Gasteiger partial charge is 0.371 e. The quantitative estimate of drug-likeness (QED) is 0.862. The Kier molecular flexibility index (Phi) is 3.82. The number of nitrogens with zero attached hydrogens (tertiary/aromatic N) is 1. The van der Waals surface area contributed by atoms with Gasteiger partial charge in [-0.05, 0) is 30.7 Å². The fourth-order valence-corrected chi connectivity index (χ4v) is 3.93. The number of carboxylic acid groups (broad SMARTS) is 1. The predicted octanol–water partition coefficient (Wildman–Crippen LogP) is 1.10. The van der Waals surface area contributed by atoms with Gasteiger partial charge in [0.25, 0.3) is 0 Å². The molecule has 0 atom stereocenters. The minimum Gasteiger partial charge on any atom is -0.475 e. The van der Waals surface area contributed by atoms with Gasteiger partial charge in [-0.3, -0.25) is 4.79 Å². The lowest BCUT2D eigenvalue weighted by molar-refractivity contribution is -0.116. The standard InChI is InChI=1S/C14H14N2O6S/c17-13(8-16-4-1-5-23(16,20)21)15-10-2-3-11-9(6-10)7-12(22-11)14(18)19/h2-3,6-7H,1,4-5,8H2,(H,15,17)(H,18,19). The van der Waals surface area contributed by atoms with E-state index in [0.717, 1.165) is 4.31 Å². The van der Waals surface area contributed by atoms with Crippen molar-refractivity contribution in [3.63, 3.8) is 0 Å². The molecule has 1 saturated heterocycles. The largest absolute Gasteiger partial charge is 0.475 e. The van der Waals surface area contributed by atoms with Crippen LogP contribution in [0, 0.1) is 0 Å². The number of benzene rings is 1. The molecule has 1 aliphatic rings. The molecule has 2 N–H and O–H groups in total. The van der Waals surface area contributed by atoms with Crippen molar-refractivity contribution >= 4 is 38.6 Å². The normalized spacial score (nSPS) is 17.4.